The first-order valence-electron chi connectivity index (χ1n) is 8.13. The lowest BCUT2D eigenvalue weighted by Crippen LogP contribution is -2.08. The first-order valence-corrected chi connectivity index (χ1v) is 8.13. The summed E-state index contributed by atoms with van der Waals surface area (Å²) in [5.74, 6) is 0.137. The Balaban J connectivity index is 2.03. The Morgan fingerprint density at radius 1 is 1.08 bits per heavy atom. The van der Waals surface area contributed by atoms with Gasteiger partial charge in [0.1, 0.15) is 11.5 Å². The third-order valence-electron chi connectivity index (χ3n) is 4.03. The Bertz CT molecular complexity index is 736. The molecule has 0 unspecified atom stereocenters. The first kappa shape index (κ1) is 17.7. The molecular formula is C20H23NO3. The van der Waals surface area contributed by atoms with Gasteiger partial charge in [0.05, 0.1) is 6.54 Å². The van der Waals surface area contributed by atoms with E-state index >= 15 is 0 Å². The van der Waals surface area contributed by atoms with Crippen molar-refractivity contribution in [2.45, 2.75) is 33.1 Å². The maximum atomic E-state index is 12.1. The number of rotatable bonds is 7. The number of Topliss-reactive ketones (excluding diaryl/α,β-unsaturated/α-hetero) is 1. The summed E-state index contributed by atoms with van der Waals surface area (Å²) < 4.78 is 0. The van der Waals surface area contributed by atoms with Crippen LogP contribution in [0.3, 0.4) is 0 Å². The number of nitrogens with zero attached hydrogens (tertiary/aromatic N) is 1. The predicted octanol–water partition coefficient (Wildman–Crippen LogP) is 3.81. The number of hydrogen-bond acceptors (Lipinski definition) is 4. The van der Waals surface area contributed by atoms with Gasteiger partial charge in [0, 0.05) is 23.3 Å². The molecule has 2 N–H and O–H groups in total. The number of carbonyl (C=O) groups excluding carboxylic acids is 1. The molecule has 0 amide bonds. The largest absolute Gasteiger partial charge is 0.508 e. The van der Waals surface area contributed by atoms with Crippen molar-refractivity contribution in [2.75, 3.05) is 6.54 Å². The van der Waals surface area contributed by atoms with Gasteiger partial charge in [0.15, 0.2) is 5.78 Å². The molecule has 2 aromatic carbocycles. The summed E-state index contributed by atoms with van der Waals surface area (Å²) in [7, 11) is 0. The van der Waals surface area contributed by atoms with E-state index in [4.69, 9.17) is 0 Å². The summed E-state index contributed by atoms with van der Waals surface area (Å²) >= 11 is 0. The van der Waals surface area contributed by atoms with E-state index in [-0.39, 0.29) is 23.8 Å². The fourth-order valence-corrected chi connectivity index (χ4v) is 2.50. The Morgan fingerprint density at radius 2 is 1.79 bits per heavy atom. The molecule has 0 aliphatic heterocycles. The number of carbonyl (C=O) groups is 1. The second-order valence-electron chi connectivity index (χ2n) is 5.75. The fraction of sp³-hybridized carbons (Fsp3) is 0.300. The summed E-state index contributed by atoms with van der Waals surface area (Å²) in [4.78, 5) is 16.4. The van der Waals surface area contributed by atoms with Gasteiger partial charge in [-0.3, -0.25) is 9.79 Å². The summed E-state index contributed by atoms with van der Waals surface area (Å²) in [5.41, 5.74) is 2.80. The maximum absolute atomic E-state index is 12.1. The highest BCUT2D eigenvalue weighted by Gasteiger charge is 2.13. The van der Waals surface area contributed by atoms with Crippen LogP contribution in [-0.2, 0) is 11.2 Å². The zero-order valence-corrected chi connectivity index (χ0v) is 14.1. The van der Waals surface area contributed by atoms with Crippen molar-refractivity contribution in [2.24, 2.45) is 4.99 Å². The lowest BCUT2D eigenvalue weighted by molar-refractivity contribution is -0.117. The van der Waals surface area contributed by atoms with E-state index in [1.54, 1.807) is 13.0 Å². The summed E-state index contributed by atoms with van der Waals surface area (Å²) in [6.45, 7) is 3.68. The third kappa shape index (κ3) is 4.44. The second-order valence-corrected chi connectivity index (χ2v) is 5.75. The standard InChI is InChI=1S/C20H23NO3/c1-3-18(17-11-12-19(23)14(2)20(17)24)21-13-16(22)10-9-15-7-5-4-6-8-15/h4-8,11-12,23-24H,3,9-10,13H2,1-2H3. The van der Waals surface area contributed by atoms with Crippen molar-refractivity contribution in [1.82, 2.24) is 0 Å². The van der Waals surface area contributed by atoms with Crippen LogP contribution in [0.1, 0.15) is 36.5 Å². The molecule has 0 bridgehead atoms. The van der Waals surface area contributed by atoms with Gasteiger partial charge in [-0.25, -0.2) is 0 Å². The van der Waals surface area contributed by atoms with E-state index in [1.165, 1.54) is 6.07 Å². The van der Waals surface area contributed by atoms with Crippen molar-refractivity contribution in [1.29, 1.82) is 0 Å². The second kappa shape index (κ2) is 8.29. The molecule has 24 heavy (non-hydrogen) atoms. The lowest BCUT2D eigenvalue weighted by Gasteiger charge is -2.10. The first-order chi connectivity index (χ1) is 11.5. The van der Waals surface area contributed by atoms with Crippen LogP contribution in [0.15, 0.2) is 47.5 Å². The smallest absolute Gasteiger partial charge is 0.154 e. The van der Waals surface area contributed by atoms with Crippen molar-refractivity contribution >= 4 is 11.5 Å². The molecule has 126 valence electrons. The average molecular weight is 325 g/mol. The van der Waals surface area contributed by atoms with Crippen molar-refractivity contribution < 1.29 is 15.0 Å². The third-order valence-corrected chi connectivity index (χ3v) is 4.03. The van der Waals surface area contributed by atoms with Crippen molar-refractivity contribution in [3.05, 3.63) is 59.2 Å². The van der Waals surface area contributed by atoms with E-state index in [0.717, 1.165) is 5.56 Å². The summed E-state index contributed by atoms with van der Waals surface area (Å²) in [6.07, 6.45) is 1.76. The minimum Gasteiger partial charge on any atom is -0.508 e. The van der Waals surface area contributed by atoms with Crippen molar-refractivity contribution in [3.63, 3.8) is 0 Å². The average Bonchev–Trinajstić information content (AvgIpc) is 2.61. The molecule has 4 nitrogen and oxygen atoms in total. The van der Waals surface area contributed by atoms with E-state index in [1.807, 2.05) is 37.3 Å². The van der Waals surface area contributed by atoms with Crippen LogP contribution in [0.4, 0.5) is 0 Å². The molecule has 2 aromatic rings. The normalized spacial score (nSPS) is 11.5. The zero-order chi connectivity index (χ0) is 17.5. The maximum Gasteiger partial charge on any atom is 0.154 e. The molecule has 0 saturated carbocycles. The fourth-order valence-electron chi connectivity index (χ4n) is 2.50. The predicted molar refractivity (Wildman–Crippen MR) is 96.0 cm³/mol. The Hall–Kier alpha value is -2.62. The zero-order valence-electron chi connectivity index (χ0n) is 14.1. The van der Waals surface area contributed by atoms with Gasteiger partial charge in [-0.1, -0.05) is 37.3 Å². The van der Waals surface area contributed by atoms with Gasteiger partial charge in [-0.2, -0.15) is 0 Å². The lowest BCUT2D eigenvalue weighted by atomic mass is 10.0. The molecule has 0 heterocycles. The van der Waals surface area contributed by atoms with Crippen LogP contribution < -0.4 is 0 Å². The molecular weight excluding hydrogens is 302 g/mol. The highest BCUT2D eigenvalue weighted by atomic mass is 16.3. The summed E-state index contributed by atoms with van der Waals surface area (Å²) in [6, 6.07) is 13.1. The van der Waals surface area contributed by atoms with Crippen LogP contribution in [-0.4, -0.2) is 28.3 Å². The molecule has 0 atom stereocenters. The molecule has 0 aliphatic rings. The molecule has 0 saturated heterocycles. The van der Waals surface area contributed by atoms with Crippen LogP contribution in [0.25, 0.3) is 0 Å². The number of aromatic hydroxyl groups is 2. The van der Waals surface area contributed by atoms with E-state index in [9.17, 15) is 15.0 Å². The number of aryl methyl sites for hydroxylation is 1. The van der Waals surface area contributed by atoms with Crippen LogP contribution in [0, 0.1) is 6.92 Å². The van der Waals surface area contributed by atoms with E-state index < -0.39 is 0 Å². The van der Waals surface area contributed by atoms with E-state index in [2.05, 4.69) is 4.99 Å². The Kier molecular flexibility index (Phi) is 6.13. The minimum absolute atomic E-state index is 0.0207. The van der Waals surface area contributed by atoms with E-state index in [0.29, 0.717) is 36.1 Å². The molecule has 0 aromatic heterocycles. The van der Waals surface area contributed by atoms with Crippen LogP contribution >= 0.6 is 0 Å². The number of phenolic OH excluding ortho intramolecular Hbond substituents is 2. The quantitative estimate of drug-likeness (QED) is 0.761. The Labute approximate surface area is 142 Å². The number of benzene rings is 2. The van der Waals surface area contributed by atoms with Gasteiger partial charge in [-0.05, 0) is 37.5 Å². The molecule has 4 heteroatoms. The summed E-state index contributed by atoms with van der Waals surface area (Å²) in [5, 5.41) is 19.8. The molecule has 0 fully saturated rings. The molecule has 0 aliphatic carbocycles. The van der Waals surface area contributed by atoms with Gasteiger partial charge < -0.3 is 10.2 Å². The van der Waals surface area contributed by atoms with Crippen molar-refractivity contribution in [3.8, 4) is 11.5 Å². The monoisotopic (exact) mass is 325 g/mol. The van der Waals surface area contributed by atoms with Crippen LogP contribution in [0.5, 0.6) is 11.5 Å². The highest BCUT2D eigenvalue weighted by Crippen LogP contribution is 2.30. The van der Waals surface area contributed by atoms with Gasteiger partial charge in [0.25, 0.3) is 0 Å². The van der Waals surface area contributed by atoms with Crippen LogP contribution in [0.2, 0.25) is 0 Å². The van der Waals surface area contributed by atoms with Gasteiger partial charge in [-0.15, -0.1) is 0 Å². The number of aliphatic imine (C=N–C) groups is 1. The molecule has 0 radical (unpaired) electrons. The highest BCUT2D eigenvalue weighted by molar-refractivity contribution is 6.04. The minimum atomic E-state index is 0.0207. The number of ketones is 1. The number of hydrogen-bond donors (Lipinski definition) is 2. The Morgan fingerprint density at radius 3 is 2.46 bits per heavy atom. The SMILES string of the molecule is CCC(=NCC(=O)CCc1ccccc1)c1ccc(O)c(C)c1O. The molecule has 2 rings (SSSR count). The van der Waals surface area contributed by atoms with Gasteiger partial charge >= 0.3 is 0 Å². The molecule has 0 spiro atoms. The number of phenols is 2. The topological polar surface area (TPSA) is 69.9 Å². The van der Waals surface area contributed by atoms with Gasteiger partial charge in [0.2, 0.25) is 0 Å².